The molecule has 0 spiro atoms. The molecule has 2 rings (SSSR count). The first-order valence-electron chi connectivity index (χ1n) is 9.03. The minimum absolute atomic E-state index is 0.0741. The van der Waals surface area contributed by atoms with E-state index in [9.17, 15) is 13.2 Å². The second-order valence-electron chi connectivity index (χ2n) is 7.29. The molecule has 0 bridgehead atoms. The molecule has 10 heteroatoms. The summed E-state index contributed by atoms with van der Waals surface area (Å²) in [5, 5.41) is 0. The molecule has 2 aromatic rings. The topological polar surface area (TPSA) is 107 Å². The summed E-state index contributed by atoms with van der Waals surface area (Å²) in [5.74, 6) is 0.979. The van der Waals surface area contributed by atoms with E-state index in [-0.39, 0.29) is 10.7 Å². The van der Waals surface area contributed by atoms with Crippen molar-refractivity contribution in [2.75, 3.05) is 39.5 Å². The van der Waals surface area contributed by atoms with Crippen LogP contribution in [0.5, 0.6) is 5.75 Å². The lowest BCUT2D eigenvalue weighted by Crippen LogP contribution is -2.44. The molecule has 0 saturated carbocycles. The molecule has 0 radical (unpaired) electrons. The van der Waals surface area contributed by atoms with Gasteiger partial charge in [-0.15, -0.1) is 0 Å². The Morgan fingerprint density at radius 3 is 2.07 bits per heavy atom. The van der Waals surface area contributed by atoms with E-state index in [4.69, 9.17) is 15.0 Å². The van der Waals surface area contributed by atoms with E-state index in [2.05, 4.69) is 46.0 Å². The summed E-state index contributed by atoms with van der Waals surface area (Å²) in [7, 11) is 0.190. The molecule has 0 aromatic heterocycles. The van der Waals surface area contributed by atoms with Crippen molar-refractivity contribution in [2.45, 2.75) is 18.2 Å². The predicted molar refractivity (Wildman–Crippen MR) is 125 cm³/mol. The second kappa shape index (κ2) is 11.8. The molecule has 7 nitrogen and oxygen atoms in total. The van der Waals surface area contributed by atoms with Gasteiger partial charge in [-0.1, -0.05) is 18.2 Å². The first kappa shape index (κ1) is 26.6. The lowest BCUT2D eigenvalue weighted by Gasteiger charge is -2.29. The third kappa shape index (κ3) is 10.0. The highest BCUT2D eigenvalue weighted by Gasteiger charge is 2.17. The maximum absolute atomic E-state index is 11.0. The van der Waals surface area contributed by atoms with Crippen LogP contribution in [0, 0.1) is 0 Å². The Labute approximate surface area is 194 Å². The number of ether oxygens (including phenoxy) is 1. The zero-order valence-electron chi connectivity index (χ0n) is 17.1. The number of anilines is 1. The van der Waals surface area contributed by atoms with Crippen LogP contribution in [0.15, 0.2) is 56.3 Å². The first-order chi connectivity index (χ1) is 13.8. The highest BCUT2D eigenvalue weighted by molar-refractivity contribution is 9.11. The van der Waals surface area contributed by atoms with Crippen LogP contribution in [0.4, 0.5) is 5.69 Å². The smallest absolute Gasteiger partial charge is 0.294 e. The predicted octanol–water partition coefficient (Wildman–Crippen LogP) is 4.16. The normalized spacial score (nSPS) is 11.4. The van der Waals surface area contributed by atoms with E-state index in [1.165, 1.54) is 12.1 Å². The van der Waals surface area contributed by atoms with Crippen LogP contribution in [0.3, 0.4) is 0 Å². The fourth-order valence-corrected chi connectivity index (χ4v) is 4.23. The van der Waals surface area contributed by atoms with Gasteiger partial charge in [0, 0.05) is 5.69 Å². The van der Waals surface area contributed by atoms with E-state index in [0.717, 1.165) is 32.3 Å². The van der Waals surface area contributed by atoms with Crippen LogP contribution in [-0.2, 0) is 14.9 Å². The Bertz CT molecular complexity index is 928. The highest BCUT2D eigenvalue weighted by atomic mass is 79.9. The molecule has 2 aromatic carbocycles. The van der Waals surface area contributed by atoms with E-state index >= 15 is 0 Å². The minimum atomic E-state index is -4.00. The molecule has 0 heterocycles. The third-order valence-electron chi connectivity index (χ3n) is 4.07. The van der Waals surface area contributed by atoms with Crippen LogP contribution in [0.1, 0.15) is 13.3 Å². The third-order valence-corrected chi connectivity index (χ3v) is 6.12. The molecular weight excluding hydrogens is 540 g/mol. The molecule has 0 fully saturated rings. The van der Waals surface area contributed by atoms with Gasteiger partial charge in [0.2, 0.25) is 0 Å². The van der Waals surface area contributed by atoms with Gasteiger partial charge >= 0.3 is 0 Å². The van der Waals surface area contributed by atoms with E-state index in [0.29, 0.717) is 18.7 Å². The number of ketones is 1. The molecule has 166 valence electrons. The number of quaternary nitrogens is 1. The molecule has 3 N–H and O–H groups in total. The summed E-state index contributed by atoms with van der Waals surface area (Å²) in [4.78, 5) is 11.0. The van der Waals surface area contributed by atoms with Gasteiger partial charge in [0.05, 0.1) is 40.9 Å². The number of rotatable bonds is 8. The van der Waals surface area contributed by atoms with Crippen molar-refractivity contribution < 1.29 is 27.0 Å². The highest BCUT2D eigenvalue weighted by Crippen LogP contribution is 2.35. The van der Waals surface area contributed by atoms with Gasteiger partial charge in [0.1, 0.15) is 24.7 Å². The molecule has 0 amide bonds. The molecule has 0 aliphatic heterocycles. The zero-order chi connectivity index (χ0) is 22.9. The SMILES string of the molecule is CC(=O)CC[N+](C)(C)CCOc1c(Br)cc(N)cc1Br.O=S(=O)(O)c1ccccc1. The number of carbonyl (C=O) groups is 1. The number of nitrogens with two attached hydrogens (primary N) is 1. The van der Waals surface area contributed by atoms with Crippen molar-refractivity contribution in [3.8, 4) is 5.75 Å². The number of nitrogens with zero attached hydrogens (tertiary/aromatic N) is 1. The first-order valence-corrected chi connectivity index (χ1v) is 12.1. The molecule has 30 heavy (non-hydrogen) atoms. The fourth-order valence-electron chi connectivity index (χ4n) is 2.28. The van der Waals surface area contributed by atoms with Gasteiger partial charge < -0.3 is 15.0 Å². The summed E-state index contributed by atoms with van der Waals surface area (Å²) in [6.07, 6.45) is 0.599. The van der Waals surface area contributed by atoms with E-state index < -0.39 is 10.1 Å². The Balaban J connectivity index is 0.000000375. The van der Waals surface area contributed by atoms with Gasteiger partial charge in [-0.05, 0) is 63.0 Å². The molecule has 0 unspecified atom stereocenters. The van der Waals surface area contributed by atoms with Crippen molar-refractivity contribution in [1.29, 1.82) is 0 Å². The molecule has 0 aliphatic carbocycles. The number of hydrogen-bond donors (Lipinski definition) is 2. The standard InChI is InChI=1S/C14H21Br2N2O2.C6H6O3S/c1-10(19)4-5-18(2,3)6-7-20-14-12(15)8-11(17)9-13(14)16;7-10(8,9)6-4-2-1-3-5-6/h8-9H,4-7,17H2,1-3H3;1-5H,(H,7,8,9)/q+1;. The van der Waals surface area contributed by atoms with Crippen LogP contribution < -0.4 is 10.5 Å². The molecule has 0 atom stereocenters. The largest absolute Gasteiger partial charge is 0.485 e. The summed E-state index contributed by atoms with van der Waals surface area (Å²) < 4.78 is 37.5. The zero-order valence-corrected chi connectivity index (χ0v) is 21.1. The number of hydrogen-bond acceptors (Lipinski definition) is 5. The Morgan fingerprint density at radius 2 is 1.63 bits per heavy atom. The van der Waals surface area contributed by atoms with Gasteiger partial charge in [-0.2, -0.15) is 8.42 Å². The fraction of sp³-hybridized carbons (Fsp3) is 0.350. The quantitative estimate of drug-likeness (QED) is 0.282. The van der Waals surface area contributed by atoms with Gasteiger partial charge in [-0.25, -0.2) is 0 Å². The van der Waals surface area contributed by atoms with Crippen LogP contribution in [-0.4, -0.2) is 57.0 Å². The minimum Gasteiger partial charge on any atom is -0.485 e. The molecular formula is C20H27Br2N2O5S+. The monoisotopic (exact) mass is 565 g/mol. The summed E-state index contributed by atoms with van der Waals surface area (Å²) in [6, 6.07) is 11.1. The maximum Gasteiger partial charge on any atom is 0.294 e. The van der Waals surface area contributed by atoms with Crippen molar-refractivity contribution >= 4 is 53.4 Å². The Morgan fingerprint density at radius 1 is 1.10 bits per heavy atom. The number of benzene rings is 2. The van der Waals surface area contributed by atoms with Crippen LogP contribution in [0.25, 0.3) is 0 Å². The lowest BCUT2D eigenvalue weighted by atomic mass is 10.3. The summed E-state index contributed by atoms with van der Waals surface area (Å²) in [6.45, 7) is 3.85. The van der Waals surface area contributed by atoms with Crippen molar-refractivity contribution in [2.24, 2.45) is 0 Å². The number of likely N-dealkylation sites (N-methyl/N-ethyl adjacent to an activating group) is 1. The summed E-state index contributed by atoms with van der Waals surface area (Å²) >= 11 is 6.89. The van der Waals surface area contributed by atoms with Crippen LogP contribution in [0.2, 0.25) is 0 Å². The van der Waals surface area contributed by atoms with Crippen molar-refractivity contribution in [1.82, 2.24) is 0 Å². The number of nitrogen functional groups attached to an aromatic ring is 1. The number of halogens is 2. The number of carbonyl (C=O) groups excluding carboxylic acids is 1. The van der Waals surface area contributed by atoms with Gasteiger partial charge in [0.25, 0.3) is 10.1 Å². The Kier molecular flexibility index (Phi) is 10.5. The average molecular weight is 567 g/mol. The average Bonchev–Trinajstić information content (AvgIpc) is 2.63. The summed E-state index contributed by atoms with van der Waals surface area (Å²) in [5.41, 5.74) is 6.42. The Hall–Kier alpha value is -1.46. The molecule has 0 aliphatic rings. The van der Waals surface area contributed by atoms with Gasteiger partial charge in [0.15, 0.2) is 0 Å². The maximum atomic E-state index is 11.0. The second-order valence-corrected chi connectivity index (χ2v) is 10.4. The van der Waals surface area contributed by atoms with E-state index in [1.807, 2.05) is 12.1 Å². The van der Waals surface area contributed by atoms with Crippen molar-refractivity contribution in [3.63, 3.8) is 0 Å². The van der Waals surface area contributed by atoms with Gasteiger partial charge in [-0.3, -0.25) is 9.35 Å². The van der Waals surface area contributed by atoms with Crippen molar-refractivity contribution in [3.05, 3.63) is 51.4 Å². The molecule has 0 saturated heterocycles. The lowest BCUT2D eigenvalue weighted by molar-refractivity contribution is -0.889. The van der Waals surface area contributed by atoms with Crippen LogP contribution >= 0.6 is 31.9 Å². The number of Topliss-reactive ketones (excluding diaryl/α,β-unsaturated/α-hetero) is 1. The van der Waals surface area contributed by atoms with E-state index in [1.54, 1.807) is 25.1 Å².